The molecule has 0 aliphatic carbocycles. The average Bonchev–Trinajstić information content (AvgIpc) is 2.18. The van der Waals surface area contributed by atoms with Gasteiger partial charge in [0.15, 0.2) is 0 Å². The summed E-state index contributed by atoms with van der Waals surface area (Å²) in [5.41, 5.74) is 1.23. The normalized spacial score (nSPS) is 12.6. The number of hydrogen-bond donors (Lipinski definition) is 0. The van der Waals surface area contributed by atoms with E-state index in [0.29, 0.717) is 6.61 Å². The third kappa shape index (κ3) is 7.35. The largest absolute Gasteiger partial charge is 0.462 e. The second kappa shape index (κ2) is 8.30. The molecule has 0 spiro atoms. The second-order valence-electron chi connectivity index (χ2n) is 2.94. The van der Waals surface area contributed by atoms with Crippen molar-refractivity contribution in [3.63, 3.8) is 0 Å². The van der Waals surface area contributed by atoms with Gasteiger partial charge in [-0.15, -0.1) is 0 Å². The molecule has 0 amide bonds. The Morgan fingerprint density at radius 1 is 1.29 bits per heavy atom. The molecule has 0 radical (unpaired) electrons. The molecule has 14 heavy (non-hydrogen) atoms. The van der Waals surface area contributed by atoms with Gasteiger partial charge in [0.25, 0.3) is 0 Å². The summed E-state index contributed by atoms with van der Waals surface area (Å²) < 4.78 is 4.96. The minimum atomic E-state index is -0.285. The molecule has 0 saturated carbocycles. The molecule has 78 valence electrons. The molecule has 2 heteroatoms. The van der Waals surface area contributed by atoms with Crippen LogP contribution in [0.15, 0.2) is 36.0 Å². The van der Waals surface area contributed by atoms with Gasteiger partial charge in [-0.25, -0.2) is 4.79 Å². The molecular formula is C12H18O2. The first-order valence-electron chi connectivity index (χ1n) is 4.78. The fraction of sp³-hybridized carbons (Fsp3) is 0.417. The fourth-order valence-corrected chi connectivity index (χ4v) is 0.750. The van der Waals surface area contributed by atoms with Crippen LogP contribution in [0, 0.1) is 0 Å². The first-order chi connectivity index (χ1) is 6.70. The van der Waals surface area contributed by atoms with Crippen LogP contribution in [0.25, 0.3) is 0 Å². The number of esters is 1. The lowest BCUT2D eigenvalue weighted by molar-refractivity contribution is -0.137. The maximum absolute atomic E-state index is 11.0. The van der Waals surface area contributed by atoms with Gasteiger partial charge in [-0.3, -0.25) is 0 Å². The molecule has 0 aliphatic rings. The van der Waals surface area contributed by atoms with E-state index in [1.165, 1.54) is 11.6 Å². The highest BCUT2D eigenvalue weighted by atomic mass is 16.5. The van der Waals surface area contributed by atoms with Gasteiger partial charge in [-0.1, -0.05) is 29.9 Å². The predicted molar refractivity (Wildman–Crippen MR) is 59.0 cm³/mol. The second-order valence-corrected chi connectivity index (χ2v) is 2.94. The zero-order valence-corrected chi connectivity index (χ0v) is 9.12. The highest BCUT2D eigenvalue weighted by Gasteiger charge is 1.95. The van der Waals surface area contributed by atoms with E-state index in [4.69, 9.17) is 4.74 Å². The van der Waals surface area contributed by atoms with E-state index in [1.807, 2.05) is 32.9 Å². The minimum absolute atomic E-state index is 0.285. The number of carbonyl (C=O) groups excluding carboxylic acids is 1. The molecule has 0 fully saturated rings. The van der Waals surface area contributed by atoms with Gasteiger partial charge >= 0.3 is 5.97 Å². The molecule has 0 atom stereocenters. The molecule has 0 bridgehead atoms. The summed E-state index contributed by atoms with van der Waals surface area (Å²) in [7, 11) is 0. The van der Waals surface area contributed by atoms with E-state index in [0.717, 1.165) is 6.42 Å². The molecule has 0 aromatic heterocycles. The molecule has 0 aliphatic heterocycles. The van der Waals surface area contributed by atoms with E-state index >= 15 is 0 Å². The Hall–Kier alpha value is -1.31. The summed E-state index contributed by atoms with van der Waals surface area (Å²) in [6.07, 6.45) is 9.56. The lowest BCUT2D eigenvalue weighted by atomic mass is 10.2. The fourth-order valence-electron chi connectivity index (χ4n) is 0.750. The smallest absolute Gasteiger partial charge is 0.330 e. The minimum Gasteiger partial charge on any atom is -0.462 e. The summed E-state index contributed by atoms with van der Waals surface area (Å²) in [4.78, 5) is 11.0. The van der Waals surface area contributed by atoms with Crippen LogP contribution in [-0.2, 0) is 9.53 Å². The van der Waals surface area contributed by atoms with Crippen molar-refractivity contribution in [3.8, 4) is 0 Å². The van der Waals surface area contributed by atoms with Crippen LogP contribution in [0.3, 0.4) is 0 Å². The maximum atomic E-state index is 11.0. The summed E-state index contributed by atoms with van der Waals surface area (Å²) in [5, 5.41) is 0. The van der Waals surface area contributed by atoms with E-state index in [2.05, 4.69) is 0 Å². The van der Waals surface area contributed by atoms with Gasteiger partial charge in [0.2, 0.25) is 0 Å². The number of carbonyl (C=O) groups is 1. The van der Waals surface area contributed by atoms with Crippen LogP contribution >= 0.6 is 0 Å². The van der Waals surface area contributed by atoms with Crippen molar-refractivity contribution in [2.24, 2.45) is 0 Å². The van der Waals surface area contributed by atoms with Crippen LogP contribution in [0.2, 0.25) is 0 Å². The number of rotatable bonds is 5. The summed E-state index contributed by atoms with van der Waals surface area (Å²) in [6, 6.07) is 0. The van der Waals surface area contributed by atoms with Crippen molar-refractivity contribution in [2.45, 2.75) is 27.2 Å². The van der Waals surface area contributed by atoms with Crippen molar-refractivity contribution in [2.75, 3.05) is 6.61 Å². The van der Waals surface area contributed by atoms with Gasteiger partial charge in [-0.05, 0) is 20.8 Å². The summed E-state index contributed by atoms with van der Waals surface area (Å²) in [5.74, 6) is -0.285. The van der Waals surface area contributed by atoms with E-state index < -0.39 is 0 Å². The number of hydrogen-bond acceptors (Lipinski definition) is 2. The molecule has 2 nitrogen and oxygen atoms in total. The van der Waals surface area contributed by atoms with E-state index in [9.17, 15) is 4.79 Å². The molecule has 0 N–H and O–H groups in total. The number of allylic oxidation sites excluding steroid dienone is 4. The highest BCUT2D eigenvalue weighted by molar-refractivity contribution is 5.82. The number of ether oxygens (including phenoxy) is 1. The zero-order chi connectivity index (χ0) is 10.8. The Morgan fingerprint density at radius 3 is 2.57 bits per heavy atom. The van der Waals surface area contributed by atoms with Crippen molar-refractivity contribution >= 4 is 5.97 Å². The average molecular weight is 194 g/mol. The van der Waals surface area contributed by atoms with Gasteiger partial charge < -0.3 is 4.74 Å². The topological polar surface area (TPSA) is 26.3 Å². The Kier molecular flexibility index (Phi) is 7.52. The monoisotopic (exact) mass is 194 g/mol. The van der Waals surface area contributed by atoms with Gasteiger partial charge in [0.05, 0.1) is 6.61 Å². The van der Waals surface area contributed by atoms with Crippen molar-refractivity contribution in [1.29, 1.82) is 0 Å². The summed E-state index contributed by atoms with van der Waals surface area (Å²) >= 11 is 0. The van der Waals surface area contributed by atoms with Crippen molar-refractivity contribution in [1.82, 2.24) is 0 Å². The van der Waals surface area contributed by atoms with Crippen molar-refractivity contribution < 1.29 is 9.53 Å². The zero-order valence-electron chi connectivity index (χ0n) is 9.12. The van der Waals surface area contributed by atoms with Crippen molar-refractivity contribution in [3.05, 3.63) is 36.0 Å². The lowest BCUT2D eigenvalue weighted by Gasteiger charge is -2.01. The first-order valence-corrected chi connectivity index (χ1v) is 4.78. The Morgan fingerprint density at radius 2 is 2.00 bits per heavy atom. The molecular weight excluding hydrogens is 176 g/mol. The SMILES string of the molecule is C/C=C/C=C/C(=O)OCC/C(C)=C/C. The molecule has 0 unspecified atom stereocenters. The summed E-state index contributed by atoms with van der Waals surface area (Å²) in [6.45, 7) is 6.34. The van der Waals surface area contributed by atoms with Crippen LogP contribution in [0.1, 0.15) is 27.2 Å². The van der Waals surface area contributed by atoms with E-state index in [1.54, 1.807) is 12.2 Å². The predicted octanol–water partition coefficient (Wildman–Crippen LogP) is 3.02. The third-order valence-corrected chi connectivity index (χ3v) is 1.77. The van der Waals surface area contributed by atoms with Gasteiger partial charge in [-0.2, -0.15) is 0 Å². The first kappa shape index (κ1) is 12.7. The quantitative estimate of drug-likeness (QED) is 0.291. The lowest BCUT2D eigenvalue weighted by Crippen LogP contribution is -2.02. The highest BCUT2D eigenvalue weighted by Crippen LogP contribution is 1.99. The molecule has 0 rings (SSSR count). The third-order valence-electron chi connectivity index (χ3n) is 1.77. The molecule has 0 saturated heterocycles. The van der Waals surface area contributed by atoms with Crippen LogP contribution in [-0.4, -0.2) is 12.6 Å². The van der Waals surface area contributed by atoms with Crippen LogP contribution in [0.4, 0.5) is 0 Å². The van der Waals surface area contributed by atoms with Gasteiger partial charge in [0, 0.05) is 12.5 Å². The Labute approximate surface area is 86.0 Å². The molecule has 0 heterocycles. The standard InChI is InChI=1S/C12H18O2/c1-4-6-7-8-12(13)14-10-9-11(3)5-2/h4-8H,9-10H2,1-3H3/b6-4+,8-7+,11-5+. The molecule has 0 aromatic carbocycles. The van der Waals surface area contributed by atoms with E-state index in [-0.39, 0.29) is 5.97 Å². The Balaban J connectivity index is 3.65. The van der Waals surface area contributed by atoms with Crippen LogP contribution in [0.5, 0.6) is 0 Å². The van der Waals surface area contributed by atoms with Crippen LogP contribution < -0.4 is 0 Å². The van der Waals surface area contributed by atoms with Gasteiger partial charge in [0.1, 0.15) is 0 Å². The molecule has 0 aromatic rings. The Bertz CT molecular complexity index is 247. The maximum Gasteiger partial charge on any atom is 0.330 e.